The van der Waals surface area contributed by atoms with Crippen LogP contribution in [0.25, 0.3) is 11.0 Å². The lowest BCUT2D eigenvalue weighted by atomic mass is 9.98. The number of amides is 2. The van der Waals surface area contributed by atoms with Crippen LogP contribution in [-0.2, 0) is 25.7 Å². The number of aromatic nitrogens is 2. The Morgan fingerprint density at radius 2 is 1.58 bits per heavy atom. The standard InChI is InChI=1S/C41H46N6O6/c42-33-9-1-2-10-34(33)44-39(50)14-6-13-38(49)43-30-8-5-7-29(23-30)40-52-32(24-37(53-40)28-17-15-27(26-48)16-18-28)25-46-21-19-31(20-22-46)47-36-12-4-3-11-35(36)45-41(47)51/h1-5,7-12,15-18,23,31-32,37,40,48H,6,13-14,19-22,24-26,42H2,(H,43,49)(H,44,50)(H,45,51)/t32-,37+,40+/m1/s1. The van der Waals surface area contributed by atoms with Crippen molar-refractivity contribution in [3.63, 3.8) is 0 Å². The van der Waals surface area contributed by atoms with Gasteiger partial charge in [0.2, 0.25) is 11.8 Å². The highest BCUT2D eigenvalue weighted by molar-refractivity contribution is 5.94. The van der Waals surface area contributed by atoms with Crippen molar-refractivity contribution < 1.29 is 24.2 Å². The monoisotopic (exact) mass is 718 g/mol. The molecule has 0 bridgehead atoms. The van der Waals surface area contributed by atoms with E-state index in [-0.39, 0.29) is 55.2 Å². The van der Waals surface area contributed by atoms with E-state index < -0.39 is 6.29 Å². The molecule has 2 saturated heterocycles. The third-order valence-electron chi connectivity index (χ3n) is 10.1. The summed E-state index contributed by atoms with van der Waals surface area (Å²) in [5, 5.41) is 15.3. The Bertz CT molecular complexity index is 2090. The van der Waals surface area contributed by atoms with Crippen LogP contribution in [-0.4, -0.2) is 57.1 Å². The van der Waals surface area contributed by atoms with Crippen LogP contribution >= 0.6 is 0 Å². The topological polar surface area (TPSA) is 164 Å². The zero-order chi connectivity index (χ0) is 36.7. The van der Waals surface area contributed by atoms with E-state index in [1.54, 1.807) is 24.3 Å². The number of benzene rings is 4. The number of aliphatic hydroxyl groups is 1. The van der Waals surface area contributed by atoms with Crippen LogP contribution in [0.3, 0.4) is 0 Å². The van der Waals surface area contributed by atoms with E-state index in [2.05, 4.69) is 20.5 Å². The van der Waals surface area contributed by atoms with Crippen LogP contribution in [0.2, 0.25) is 0 Å². The predicted octanol–water partition coefficient (Wildman–Crippen LogP) is 6.03. The fourth-order valence-corrected chi connectivity index (χ4v) is 7.34. The van der Waals surface area contributed by atoms with Crippen molar-refractivity contribution in [1.82, 2.24) is 14.5 Å². The molecule has 0 saturated carbocycles. The van der Waals surface area contributed by atoms with Crippen molar-refractivity contribution in [3.8, 4) is 0 Å². The molecule has 6 N–H and O–H groups in total. The zero-order valence-corrected chi connectivity index (χ0v) is 29.6. The van der Waals surface area contributed by atoms with Crippen molar-refractivity contribution in [3.05, 3.63) is 124 Å². The molecular formula is C41H46N6O6. The lowest BCUT2D eigenvalue weighted by Crippen LogP contribution is -2.43. The number of nitrogens with zero attached hydrogens (tertiary/aromatic N) is 2. The van der Waals surface area contributed by atoms with Crippen molar-refractivity contribution in [2.24, 2.45) is 0 Å². The Balaban J connectivity index is 0.981. The summed E-state index contributed by atoms with van der Waals surface area (Å²) < 4.78 is 15.1. The molecule has 12 heteroatoms. The van der Waals surface area contributed by atoms with Gasteiger partial charge in [-0.15, -0.1) is 0 Å². The van der Waals surface area contributed by atoms with Gasteiger partial charge in [0.25, 0.3) is 0 Å². The summed E-state index contributed by atoms with van der Waals surface area (Å²) in [6, 6.07) is 30.3. The van der Waals surface area contributed by atoms with Crippen LogP contribution in [0, 0.1) is 0 Å². The van der Waals surface area contributed by atoms with Gasteiger partial charge in [0, 0.05) is 56.2 Å². The van der Waals surface area contributed by atoms with Crippen molar-refractivity contribution >= 4 is 39.9 Å². The van der Waals surface area contributed by atoms with E-state index in [1.165, 1.54) is 0 Å². The van der Waals surface area contributed by atoms with Crippen LogP contribution in [0.4, 0.5) is 17.1 Å². The van der Waals surface area contributed by atoms with Gasteiger partial charge >= 0.3 is 5.69 Å². The van der Waals surface area contributed by atoms with E-state index in [0.29, 0.717) is 36.4 Å². The normalized spacial score (nSPS) is 19.6. The predicted molar refractivity (Wildman–Crippen MR) is 204 cm³/mol. The van der Waals surface area contributed by atoms with Gasteiger partial charge in [-0.05, 0) is 66.8 Å². The molecule has 53 heavy (non-hydrogen) atoms. The van der Waals surface area contributed by atoms with Crippen molar-refractivity contribution in [2.45, 2.75) is 69.7 Å². The number of carbonyl (C=O) groups excluding carboxylic acids is 2. The van der Waals surface area contributed by atoms with E-state index >= 15 is 0 Å². The van der Waals surface area contributed by atoms with Crippen LogP contribution in [0.1, 0.15) is 73.7 Å². The SMILES string of the molecule is Nc1ccccc1NC(=O)CCCC(=O)Nc1cccc([C@H]2O[C@@H](CN3CCC(n4c(=O)[nH]c5ccccc54)CC3)C[C@@H](c3ccc(CO)cc3)O2)c1. The van der Waals surface area contributed by atoms with Gasteiger partial charge < -0.3 is 40.8 Å². The van der Waals surface area contributed by atoms with Crippen LogP contribution in [0.15, 0.2) is 102 Å². The number of nitrogens with one attached hydrogen (secondary N) is 3. The second-order valence-corrected chi connectivity index (χ2v) is 13.9. The Morgan fingerprint density at radius 3 is 2.36 bits per heavy atom. The van der Waals surface area contributed by atoms with E-state index in [0.717, 1.165) is 53.7 Å². The Hall–Kier alpha value is -5.27. The van der Waals surface area contributed by atoms with Gasteiger partial charge in [-0.3, -0.25) is 14.2 Å². The number of carbonyl (C=O) groups is 2. The number of nitrogen functional groups attached to an aromatic ring is 1. The molecule has 3 atom stereocenters. The quantitative estimate of drug-likeness (QED) is 0.0976. The number of anilines is 3. The molecule has 0 radical (unpaired) electrons. The molecule has 2 fully saturated rings. The maximum atomic E-state index is 12.9. The molecule has 4 aromatic carbocycles. The molecule has 0 aliphatic carbocycles. The van der Waals surface area contributed by atoms with Crippen molar-refractivity contribution in [2.75, 3.05) is 36.0 Å². The number of piperidine rings is 1. The largest absolute Gasteiger partial charge is 0.397 e. The van der Waals surface area contributed by atoms with Crippen LogP contribution in [0.5, 0.6) is 0 Å². The minimum Gasteiger partial charge on any atom is -0.397 e. The number of rotatable bonds is 12. The fourth-order valence-electron chi connectivity index (χ4n) is 7.34. The van der Waals surface area contributed by atoms with E-state index in [4.69, 9.17) is 15.2 Å². The minimum absolute atomic E-state index is 0.0324. The summed E-state index contributed by atoms with van der Waals surface area (Å²) in [6.45, 7) is 2.35. The molecule has 2 aliphatic rings. The Labute approximate surface area is 307 Å². The Morgan fingerprint density at radius 1 is 0.849 bits per heavy atom. The fraction of sp³-hybridized carbons (Fsp3) is 0.341. The first-order chi connectivity index (χ1) is 25.8. The number of imidazole rings is 1. The van der Waals surface area contributed by atoms with Gasteiger partial charge in [0.15, 0.2) is 6.29 Å². The van der Waals surface area contributed by atoms with Gasteiger partial charge in [0.1, 0.15) is 0 Å². The second kappa shape index (κ2) is 16.6. The highest BCUT2D eigenvalue weighted by atomic mass is 16.7. The average molecular weight is 719 g/mol. The lowest BCUT2D eigenvalue weighted by Gasteiger charge is -2.40. The number of nitrogens with two attached hydrogens (primary N) is 1. The molecule has 7 rings (SSSR count). The number of ether oxygens (including phenoxy) is 2. The van der Waals surface area contributed by atoms with Crippen LogP contribution < -0.4 is 22.1 Å². The smallest absolute Gasteiger partial charge is 0.326 e. The minimum atomic E-state index is -0.676. The number of hydrogen-bond donors (Lipinski definition) is 5. The molecular weight excluding hydrogens is 672 g/mol. The highest BCUT2D eigenvalue weighted by Crippen LogP contribution is 2.39. The highest BCUT2D eigenvalue weighted by Gasteiger charge is 2.34. The molecule has 12 nitrogen and oxygen atoms in total. The molecule has 276 valence electrons. The summed E-state index contributed by atoms with van der Waals surface area (Å²) >= 11 is 0. The van der Waals surface area contributed by atoms with Crippen molar-refractivity contribution in [1.29, 1.82) is 0 Å². The molecule has 2 amide bonds. The van der Waals surface area contributed by atoms with Gasteiger partial charge in [-0.2, -0.15) is 0 Å². The maximum Gasteiger partial charge on any atom is 0.326 e. The number of H-pyrrole nitrogens is 1. The number of aliphatic hydroxyl groups excluding tert-OH is 1. The summed E-state index contributed by atoms with van der Waals surface area (Å²) in [5.74, 6) is -0.397. The number of hydrogen-bond acceptors (Lipinski definition) is 8. The molecule has 5 aromatic rings. The molecule has 2 aliphatic heterocycles. The van der Waals surface area contributed by atoms with Gasteiger partial charge in [-0.25, -0.2) is 4.79 Å². The molecule has 3 heterocycles. The molecule has 0 unspecified atom stereocenters. The van der Waals surface area contributed by atoms with E-state index in [1.807, 2.05) is 77.4 Å². The third-order valence-corrected chi connectivity index (χ3v) is 10.1. The Kier molecular flexibility index (Phi) is 11.3. The number of aromatic amines is 1. The number of para-hydroxylation sites is 4. The number of fused-ring (bicyclic) bond motifs is 1. The molecule has 0 spiro atoms. The van der Waals surface area contributed by atoms with Gasteiger partial charge in [0.05, 0.1) is 41.2 Å². The zero-order valence-electron chi connectivity index (χ0n) is 29.6. The third kappa shape index (κ3) is 8.86. The first-order valence-electron chi connectivity index (χ1n) is 18.3. The summed E-state index contributed by atoms with van der Waals surface area (Å²) in [7, 11) is 0. The summed E-state index contributed by atoms with van der Waals surface area (Å²) in [5.41, 5.74) is 11.9. The molecule has 1 aromatic heterocycles. The lowest BCUT2D eigenvalue weighted by molar-refractivity contribution is -0.253. The summed E-state index contributed by atoms with van der Waals surface area (Å²) in [6.07, 6.45) is 2.05. The van der Waals surface area contributed by atoms with E-state index in [9.17, 15) is 19.5 Å². The first-order valence-corrected chi connectivity index (χ1v) is 18.3. The first kappa shape index (κ1) is 36.1. The number of likely N-dealkylation sites (tertiary alicyclic amines) is 1. The average Bonchev–Trinajstić information content (AvgIpc) is 3.51. The maximum absolute atomic E-state index is 12.9. The second-order valence-electron chi connectivity index (χ2n) is 13.9. The van der Waals surface area contributed by atoms with Gasteiger partial charge in [-0.1, -0.05) is 60.7 Å². The summed E-state index contributed by atoms with van der Waals surface area (Å²) in [4.78, 5) is 43.5.